The largest absolute Gasteiger partial charge is 0.352 e. The van der Waals surface area contributed by atoms with Crippen LogP contribution in [0.3, 0.4) is 0 Å². The van der Waals surface area contributed by atoms with Crippen molar-refractivity contribution in [3.05, 3.63) is 47.8 Å². The van der Waals surface area contributed by atoms with Crippen LogP contribution in [0.1, 0.15) is 44.2 Å². The number of aromatic nitrogens is 2. The highest BCUT2D eigenvalue weighted by atomic mass is 15.2. The molecule has 1 heterocycles. The maximum Gasteiger partial charge on any atom is 0.203 e. The molecule has 0 aliphatic heterocycles. The molecule has 0 saturated carbocycles. The Hall–Kier alpha value is -1.77. The van der Waals surface area contributed by atoms with Crippen molar-refractivity contribution in [1.82, 2.24) is 9.55 Å². The van der Waals surface area contributed by atoms with Crippen LogP contribution in [0.4, 0.5) is 5.95 Å². The van der Waals surface area contributed by atoms with E-state index in [0.29, 0.717) is 5.92 Å². The van der Waals surface area contributed by atoms with Crippen LogP contribution in [0.2, 0.25) is 0 Å². The molecule has 1 N–H and O–H groups in total. The van der Waals surface area contributed by atoms with Gasteiger partial charge in [-0.2, -0.15) is 0 Å². The smallest absolute Gasteiger partial charge is 0.203 e. The molecule has 0 radical (unpaired) electrons. The number of hydrogen-bond donors (Lipinski definition) is 1. The van der Waals surface area contributed by atoms with Crippen LogP contribution in [0, 0.1) is 0 Å². The van der Waals surface area contributed by atoms with E-state index < -0.39 is 0 Å². The standard InChI is InChI=1S/C16H23N3/c1-4-10-19-11-9-17-16(19)18-12-14-5-7-15(8-6-14)13(2)3/h5-9,11,13H,4,10,12H2,1-3H3,(H,17,18). The van der Waals surface area contributed by atoms with Crippen LogP contribution in [0.25, 0.3) is 0 Å². The van der Waals surface area contributed by atoms with Gasteiger partial charge in [-0.15, -0.1) is 0 Å². The Bertz CT molecular complexity index is 497. The molecule has 0 fully saturated rings. The SMILES string of the molecule is CCCn1ccnc1NCc1ccc(C(C)C)cc1. The average Bonchev–Trinajstić information content (AvgIpc) is 2.85. The lowest BCUT2D eigenvalue weighted by Gasteiger charge is -2.10. The lowest BCUT2D eigenvalue weighted by Crippen LogP contribution is -2.07. The van der Waals surface area contributed by atoms with Crippen molar-refractivity contribution in [3.8, 4) is 0 Å². The van der Waals surface area contributed by atoms with Crippen LogP contribution in [0.5, 0.6) is 0 Å². The molecule has 0 saturated heterocycles. The topological polar surface area (TPSA) is 29.9 Å². The van der Waals surface area contributed by atoms with Crippen molar-refractivity contribution in [1.29, 1.82) is 0 Å². The molecule has 0 aliphatic rings. The van der Waals surface area contributed by atoms with E-state index in [1.54, 1.807) is 0 Å². The fourth-order valence-corrected chi connectivity index (χ4v) is 2.10. The van der Waals surface area contributed by atoms with E-state index in [1.807, 2.05) is 12.4 Å². The fourth-order valence-electron chi connectivity index (χ4n) is 2.10. The van der Waals surface area contributed by atoms with Crippen LogP contribution in [-0.4, -0.2) is 9.55 Å². The molecule has 2 rings (SSSR count). The fraction of sp³-hybridized carbons (Fsp3) is 0.438. The predicted molar refractivity (Wildman–Crippen MR) is 80.4 cm³/mol. The summed E-state index contributed by atoms with van der Waals surface area (Å²) in [7, 11) is 0. The van der Waals surface area contributed by atoms with Crippen molar-refractivity contribution in [2.24, 2.45) is 0 Å². The molecule has 0 amide bonds. The molecule has 3 heteroatoms. The molecule has 0 atom stereocenters. The first kappa shape index (κ1) is 13.7. The van der Waals surface area contributed by atoms with E-state index in [1.165, 1.54) is 11.1 Å². The second-order valence-electron chi connectivity index (χ2n) is 5.19. The van der Waals surface area contributed by atoms with Gasteiger partial charge in [0.1, 0.15) is 0 Å². The summed E-state index contributed by atoms with van der Waals surface area (Å²) in [5, 5.41) is 3.39. The number of imidazole rings is 1. The number of hydrogen-bond acceptors (Lipinski definition) is 2. The van der Waals surface area contributed by atoms with Crippen molar-refractivity contribution < 1.29 is 0 Å². The number of nitrogens with zero attached hydrogens (tertiary/aromatic N) is 2. The Labute approximate surface area is 115 Å². The molecule has 19 heavy (non-hydrogen) atoms. The maximum atomic E-state index is 4.35. The summed E-state index contributed by atoms with van der Waals surface area (Å²) in [6, 6.07) is 8.80. The van der Waals surface area contributed by atoms with Gasteiger partial charge in [0.05, 0.1) is 0 Å². The summed E-state index contributed by atoms with van der Waals surface area (Å²) >= 11 is 0. The summed E-state index contributed by atoms with van der Waals surface area (Å²) in [4.78, 5) is 4.35. The number of benzene rings is 1. The Balaban J connectivity index is 1.96. The van der Waals surface area contributed by atoms with Gasteiger partial charge in [0.25, 0.3) is 0 Å². The van der Waals surface area contributed by atoms with Gasteiger partial charge >= 0.3 is 0 Å². The number of anilines is 1. The van der Waals surface area contributed by atoms with Crippen molar-refractivity contribution >= 4 is 5.95 Å². The first-order chi connectivity index (χ1) is 9.20. The van der Waals surface area contributed by atoms with Crippen LogP contribution in [0.15, 0.2) is 36.7 Å². The van der Waals surface area contributed by atoms with E-state index in [0.717, 1.165) is 25.5 Å². The molecule has 0 bridgehead atoms. The van der Waals surface area contributed by atoms with Gasteiger partial charge in [-0.25, -0.2) is 4.98 Å². The van der Waals surface area contributed by atoms with Crippen molar-refractivity contribution in [2.45, 2.75) is 46.2 Å². The van der Waals surface area contributed by atoms with Gasteiger partial charge in [-0.05, 0) is 23.5 Å². The van der Waals surface area contributed by atoms with E-state index in [4.69, 9.17) is 0 Å². The van der Waals surface area contributed by atoms with Crippen molar-refractivity contribution in [3.63, 3.8) is 0 Å². The van der Waals surface area contributed by atoms with Crippen LogP contribution < -0.4 is 5.32 Å². The summed E-state index contributed by atoms with van der Waals surface area (Å²) in [5.74, 6) is 1.54. The third-order valence-corrected chi connectivity index (χ3v) is 3.28. The molecule has 2 aromatic rings. The number of nitrogens with one attached hydrogen (secondary N) is 1. The highest BCUT2D eigenvalue weighted by Crippen LogP contribution is 2.15. The first-order valence-corrected chi connectivity index (χ1v) is 7.04. The lowest BCUT2D eigenvalue weighted by atomic mass is 10.0. The summed E-state index contributed by atoms with van der Waals surface area (Å²) in [6.07, 6.45) is 4.99. The summed E-state index contributed by atoms with van der Waals surface area (Å²) in [6.45, 7) is 8.44. The second kappa shape index (κ2) is 6.41. The van der Waals surface area contributed by atoms with E-state index in [2.05, 4.69) is 59.9 Å². The highest BCUT2D eigenvalue weighted by molar-refractivity contribution is 5.31. The van der Waals surface area contributed by atoms with E-state index >= 15 is 0 Å². The predicted octanol–water partition coefficient (Wildman–Crippen LogP) is 4.03. The lowest BCUT2D eigenvalue weighted by molar-refractivity contribution is 0.682. The Kier molecular flexibility index (Phi) is 4.61. The van der Waals surface area contributed by atoms with E-state index in [-0.39, 0.29) is 0 Å². The minimum Gasteiger partial charge on any atom is -0.352 e. The minimum absolute atomic E-state index is 0.588. The zero-order valence-electron chi connectivity index (χ0n) is 12.1. The number of rotatable bonds is 6. The molecule has 3 nitrogen and oxygen atoms in total. The Morgan fingerprint density at radius 3 is 2.58 bits per heavy atom. The van der Waals surface area contributed by atoms with E-state index in [9.17, 15) is 0 Å². The van der Waals surface area contributed by atoms with Gasteiger partial charge in [0.2, 0.25) is 5.95 Å². The number of aryl methyl sites for hydroxylation is 1. The Morgan fingerprint density at radius 2 is 1.95 bits per heavy atom. The second-order valence-corrected chi connectivity index (χ2v) is 5.19. The highest BCUT2D eigenvalue weighted by Gasteiger charge is 2.02. The summed E-state index contributed by atoms with van der Waals surface area (Å²) in [5.41, 5.74) is 2.67. The minimum atomic E-state index is 0.588. The van der Waals surface area contributed by atoms with Crippen LogP contribution >= 0.6 is 0 Å². The average molecular weight is 257 g/mol. The third kappa shape index (κ3) is 3.60. The molecule has 0 spiro atoms. The Morgan fingerprint density at radius 1 is 1.21 bits per heavy atom. The normalized spacial score (nSPS) is 10.9. The summed E-state index contributed by atoms with van der Waals surface area (Å²) < 4.78 is 2.16. The zero-order valence-corrected chi connectivity index (χ0v) is 12.1. The molecule has 0 unspecified atom stereocenters. The van der Waals surface area contributed by atoms with Gasteiger partial charge in [-0.1, -0.05) is 45.0 Å². The zero-order chi connectivity index (χ0) is 13.7. The third-order valence-electron chi connectivity index (χ3n) is 3.28. The molecular formula is C16H23N3. The van der Waals surface area contributed by atoms with Gasteiger partial charge < -0.3 is 9.88 Å². The van der Waals surface area contributed by atoms with Gasteiger partial charge in [-0.3, -0.25) is 0 Å². The van der Waals surface area contributed by atoms with Crippen LogP contribution in [-0.2, 0) is 13.1 Å². The molecular weight excluding hydrogens is 234 g/mol. The molecule has 102 valence electrons. The van der Waals surface area contributed by atoms with Gasteiger partial charge in [0, 0.05) is 25.5 Å². The maximum absolute atomic E-state index is 4.35. The van der Waals surface area contributed by atoms with Crippen molar-refractivity contribution in [2.75, 3.05) is 5.32 Å². The first-order valence-electron chi connectivity index (χ1n) is 7.04. The quantitative estimate of drug-likeness (QED) is 0.846. The molecule has 0 aliphatic carbocycles. The molecule has 1 aromatic heterocycles. The monoisotopic (exact) mass is 257 g/mol. The molecule has 1 aromatic carbocycles. The van der Waals surface area contributed by atoms with Gasteiger partial charge in [0.15, 0.2) is 0 Å².